The molecular formula is C9H16N2O2. The first-order valence-corrected chi connectivity index (χ1v) is 4.90. The van der Waals surface area contributed by atoms with E-state index in [1.807, 2.05) is 0 Å². The molecule has 4 nitrogen and oxygen atoms in total. The molecule has 2 saturated heterocycles. The van der Waals surface area contributed by atoms with Gasteiger partial charge in [0.1, 0.15) is 0 Å². The molecule has 74 valence electrons. The third-order valence-corrected chi connectivity index (χ3v) is 2.90. The van der Waals surface area contributed by atoms with Crippen LogP contribution >= 0.6 is 0 Å². The van der Waals surface area contributed by atoms with E-state index in [4.69, 9.17) is 4.74 Å². The smallest absolute Gasteiger partial charge is 0.221 e. The zero-order chi connectivity index (χ0) is 9.15. The second-order valence-electron chi connectivity index (χ2n) is 3.85. The predicted octanol–water partition coefficient (Wildman–Crippen LogP) is -0.355. The summed E-state index contributed by atoms with van der Waals surface area (Å²) in [5.41, 5.74) is 0.0266. The molecule has 0 radical (unpaired) electrons. The molecule has 0 aromatic rings. The van der Waals surface area contributed by atoms with Gasteiger partial charge < -0.3 is 15.4 Å². The van der Waals surface area contributed by atoms with Crippen LogP contribution in [-0.2, 0) is 9.53 Å². The first kappa shape index (κ1) is 8.97. The zero-order valence-electron chi connectivity index (χ0n) is 7.77. The normalized spacial score (nSPS) is 28.2. The van der Waals surface area contributed by atoms with E-state index in [2.05, 4.69) is 10.6 Å². The fraction of sp³-hybridized carbons (Fsp3) is 0.889. The highest BCUT2D eigenvalue weighted by Gasteiger charge is 2.35. The quantitative estimate of drug-likeness (QED) is 0.541. The van der Waals surface area contributed by atoms with E-state index in [1.54, 1.807) is 0 Å². The molecule has 0 aromatic carbocycles. The maximum atomic E-state index is 11.4. The van der Waals surface area contributed by atoms with Crippen molar-refractivity contribution in [1.82, 2.24) is 10.6 Å². The van der Waals surface area contributed by atoms with Crippen LogP contribution in [0.4, 0.5) is 0 Å². The van der Waals surface area contributed by atoms with Gasteiger partial charge in [-0.3, -0.25) is 4.79 Å². The number of nitrogens with one attached hydrogen (secondary N) is 2. The lowest BCUT2D eigenvalue weighted by molar-refractivity contribution is -0.122. The summed E-state index contributed by atoms with van der Waals surface area (Å²) in [7, 11) is 0. The Morgan fingerprint density at radius 3 is 2.77 bits per heavy atom. The third-order valence-electron chi connectivity index (χ3n) is 2.90. The second-order valence-corrected chi connectivity index (χ2v) is 3.85. The number of hydrogen-bond acceptors (Lipinski definition) is 3. The number of carbonyl (C=O) groups excluding carboxylic acids is 1. The van der Waals surface area contributed by atoms with Gasteiger partial charge >= 0.3 is 0 Å². The van der Waals surface area contributed by atoms with E-state index in [0.29, 0.717) is 6.42 Å². The Hall–Kier alpha value is -0.610. The lowest BCUT2D eigenvalue weighted by Gasteiger charge is -2.36. The molecule has 2 aliphatic heterocycles. The predicted molar refractivity (Wildman–Crippen MR) is 48.4 cm³/mol. The van der Waals surface area contributed by atoms with Crippen LogP contribution in [0.1, 0.15) is 19.3 Å². The molecule has 0 saturated carbocycles. The molecule has 0 unspecified atom stereocenters. The van der Waals surface area contributed by atoms with Gasteiger partial charge in [-0.05, 0) is 12.8 Å². The summed E-state index contributed by atoms with van der Waals surface area (Å²) >= 11 is 0. The molecule has 2 fully saturated rings. The van der Waals surface area contributed by atoms with Crippen molar-refractivity contribution >= 4 is 5.91 Å². The highest BCUT2D eigenvalue weighted by Crippen LogP contribution is 2.24. The largest absolute Gasteiger partial charge is 0.381 e. The Morgan fingerprint density at radius 2 is 2.00 bits per heavy atom. The maximum Gasteiger partial charge on any atom is 0.221 e. The fourth-order valence-corrected chi connectivity index (χ4v) is 2.08. The number of hydrogen-bond donors (Lipinski definition) is 2. The van der Waals surface area contributed by atoms with Gasteiger partial charge in [0.05, 0.1) is 0 Å². The Labute approximate surface area is 78.0 Å². The summed E-state index contributed by atoms with van der Waals surface area (Å²) in [6.45, 7) is 3.19. The van der Waals surface area contributed by atoms with Crippen LogP contribution in [0.3, 0.4) is 0 Å². The average Bonchev–Trinajstić information content (AvgIpc) is 2.29. The Morgan fingerprint density at radius 1 is 1.23 bits per heavy atom. The van der Waals surface area contributed by atoms with Crippen molar-refractivity contribution in [3.8, 4) is 0 Å². The van der Waals surface area contributed by atoms with E-state index < -0.39 is 0 Å². The Bertz CT molecular complexity index is 200. The molecule has 0 aliphatic carbocycles. The number of rotatable bonds is 0. The van der Waals surface area contributed by atoms with Gasteiger partial charge in [-0.2, -0.15) is 0 Å². The number of carbonyl (C=O) groups is 1. The topological polar surface area (TPSA) is 50.4 Å². The average molecular weight is 184 g/mol. The van der Waals surface area contributed by atoms with Crippen LogP contribution < -0.4 is 10.6 Å². The molecule has 2 rings (SSSR count). The molecule has 2 heterocycles. The van der Waals surface area contributed by atoms with Crippen molar-refractivity contribution < 1.29 is 9.53 Å². The summed E-state index contributed by atoms with van der Waals surface area (Å²) in [5, 5.41) is 6.34. The molecule has 4 heteroatoms. The van der Waals surface area contributed by atoms with Crippen molar-refractivity contribution in [2.45, 2.75) is 24.8 Å². The van der Waals surface area contributed by atoms with Crippen molar-refractivity contribution in [1.29, 1.82) is 0 Å². The Balaban J connectivity index is 2.04. The Kier molecular flexibility index (Phi) is 2.51. The van der Waals surface area contributed by atoms with Gasteiger partial charge in [-0.1, -0.05) is 0 Å². The second kappa shape index (κ2) is 3.64. The summed E-state index contributed by atoms with van der Waals surface area (Å²) in [5.74, 6) is 0.173. The third kappa shape index (κ3) is 2.00. The summed E-state index contributed by atoms with van der Waals surface area (Å²) in [4.78, 5) is 11.4. The van der Waals surface area contributed by atoms with Gasteiger partial charge in [0.15, 0.2) is 0 Å². The minimum absolute atomic E-state index is 0.0266. The standard InChI is InChI=1S/C9H16N2O2/c12-8-7-9(11-4-3-10-8)1-5-13-6-2-9/h11H,1-7H2,(H,10,12). The van der Waals surface area contributed by atoms with Crippen molar-refractivity contribution in [3.63, 3.8) is 0 Å². The molecule has 0 bridgehead atoms. The molecular weight excluding hydrogens is 168 g/mol. The van der Waals surface area contributed by atoms with Crippen LogP contribution in [0.2, 0.25) is 0 Å². The SMILES string of the molecule is O=C1CC2(CCOCC2)NCCN1. The van der Waals surface area contributed by atoms with Gasteiger partial charge in [-0.25, -0.2) is 0 Å². The highest BCUT2D eigenvalue weighted by molar-refractivity contribution is 5.77. The molecule has 0 aromatic heterocycles. The van der Waals surface area contributed by atoms with Gasteiger partial charge in [0.2, 0.25) is 5.91 Å². The van der Waals surface area contributed by atoms with Crippen LogP contribution in [0, 0.1) is 0 Å². The van der Waals surface area contributed by atoms with Crippen molar-refractivity contribution in [3.05, 3.63) is 0 Å². The minimum Gasteiger partial charge on any atom is -0.381 e. The summed E-state index contributed by atoms with van der Waals surface area (Å²) in [6.07, 6.45) is 2.52. The lowest BCUT2D eigenvalue weighted by Crippen LogP contribution is -2.50. The summed E-state index contributed by atoms with van der Waals surface area (Å²) < 4.78 is 5.30. The summed E-state index contributed by atoms with van der Waals surface area (Å²) in [6, 6.07) is 0. The van der Waals surface area contributed by atoms with E-state index in [1.165, 1.54) is 0 Å². The number of ether oxygens (including phenoxy) is 1. The van der Waals surface area contributed by atoms with Crippen molar-refractivity contribution in [2.24, 2.45) is 0 Å². The van der Waals surface area contributed by atoms with Crippen LogP contribution in [0.5, 0.6) is 0 Å². The fourth-order valence-electron chi connectivity index (χ4n) is 2.08. The van der Waals surface area contributed by atoms with Crippen LogP contribution in [-0.4, -0.2) is 37.7 Å². The van der Waals surface area contributed by atoms with Gasteiger partial charge in [0, 0.05) is 38.3 Å². The molecule has 1 spiro atoms. The van der Waals surface area contributed by atoms with Gasteiger partial charge in [0.25, 0.3) is 0 Å². The van der Waals surface area contributed by atoms with Crippen LogP contribution in [0.25, 0.3) is 0 Å². The lowest BCUT2D eigenvalue weighted by atomic mass is 9.86. The first-order valence-electron chi connectivity index (χ1n) is 4.90. The monoisotopic (exact) mass is 184 g/mol. The minimum atomic E-state index is 0.0266. The van der Waals surface area contributed by atoms with Gasteiger partial charge in [-0.15, -0.1) is 0 Å². The molecule has 1 amide bonds. The number of amides is 1. The molecule has 2 N–H and O–H groups in total. The molecule has 0 atom stereocenters. The van der Waals surface area contributed by atoms with Crippen molar-refractivity contribution in [2.75, 3.05) is 26.3 Å². The van der Waals surface area contributed by atoms with E-state index in [9.17, 15) is 4.79 Å². The van der Waals surface area contributed by atoms with E-state index >= 15 is 0 Å². The zero-order valence-corrected chi connectivity index (χ0v) is 7.77. The van der Waals surface area contributed by atoms with E-state index in [-0.39, 0.29) is 11.4 Å². The first-order chi connectivity index (χ1) is 6.31. The molecule has 13 heavy (non-hydrogen) atoms. The molecule has 2 aliphatic rings. The maximum absolute atomic E-state index is 11.4. The van der Waals surface area contributed by atoms with Crippen LogP contribution in [0.15, 0.2) is 0 Å². The highest BCUT2D eigenvalue weighted by atomic mass is 16.5. The van der Waals surface area contributed by atoms with E-state index in [0.717, 1.165) is 39.1 Å².